The Kier molecular flexibility index (Phi) is 3.57. The maximum absolute atomic E-state index is 12.4. The highest BCUT2D eigenvalue weighted by atomic mass is 16.3. The largest absolute Gasteiger partial charge is 0.460 e. The number of ketones is 1. The van der Waals surface area contributed by atoms with Crippen molar-refractivity contribution in [1.29, 1.82) is 0 Å². The molecule has 2 aromatic carbocycles. The van der Waals surface area contributed by atoms with E-state index in [0.29, 0.717) is 17.7 Å². The second-order valence-corrected chi connectivity index (χ2v) is 4.70. The Bertz CT molecular complexity index is 845. The SMILES string of the molecule is CCc1oc2ccccc2c1C(=O)C#Cc1ccccc1. The minimum atomic E-state index is -0.194. The summed E-state index contributed by atoms with van der Waals surface area (Å²) in [6, 6.07) is 17.1. The zero-order valence-corrected chi connectivity index (χ0v) is 11.7. The molecule has 0 radical (unpaired) electrons. The molecule has 2 heteroatoms. The van der Waals surface area contributed by atoms with E-state index in [4.69, 9.17) is 4.42 Å². The molecule has 0 saturated carbocycles. The van der Waals surface area contributed by atoms with E-state index in [1.807, 2.05) is 61.5 Å². The van der Waals surface area contributed by atoms with Crippen LogP contribution in [0.25, 0.3) is 11.0 Å². The Morgan fingerprint density at radius 1 is 1.05 bits per heavy atom. The first-order chi connectivity index (χ1) is 10.3. The Morgan fingerprint density at radius 2 is 1.76 bits per heavy atom. The van der Waals surface area contributed by atoms with Gasteiger partial charge in [0.1, 0.15) is 11.3 Å². The van der Waals surface area contributed by atoms with Gasteiger partial charge in [-0.25, -0.2) is 0 Å². The lowest BCUT2D eigenvalue weighted by Gasteiger charge is -1.94. The molecule has 3 aromatic rings. The van der Waals surface area contributed by atoms with Crippen LogP contribution in [-0.4, -0.2) is 5.78 Å². The Morgan fingerprint density at radius 3 is 2.52 bits per heavy atom. The maximum atomic E-state index is 12.4. The Hall–Kier alpha value is -2.79. The van der Waals surface area contributed by atoms with Gasteiger partial charge < -0.3 is 4.42 Å². The Labute approximate surface area is 123 Å². The summed E-state index contributed by atoms with van der Waals surface area (Å²) in [5.74, 6) is 6.13. The molecule has 0 spiro atoms. The van der Waals surface area contributed by atoms with Crippen LogP contribution >= 0.6 is 0 Å². The van der Waals surface area contributed by atoms with Crippen LogP contribution in [0.1, 0.15) is 28.6 Å². The zero-order chi connectivity index (χ0) is 14.7. The molecule has 21 heavy (non-hydrogen) atoms. The first kappa shape index (κ1) is 13.2. The van der Waals surface area contributed by atoms with Gasteiger partial charge in [0.25, 0.3) is 0 Å². The number of benzene rings is 2. The molecule has 2 nitrogen and oxygen atoms in total. The lowest BCUT2D eigenvalue weighted by molar-refractivity contribution is 0.105. The fraction of sp³-hybridized carbons (Fsp3) is 0.105. The first-order valence-corrected chi connectivity index (χ1v) is 6.91. The molecule has 0 unspecified atom stereocenters. The summed E-state index contributed by atoms with van der Waals surface area (Å²) in [5, 5.41) is 0.835. The molecule has 1 aromatic heterocycles. The normalized spacial score (nSPS) is 10.1. The molecule has 0 amide bonds. The highest BCUT2D eigenvalue weighted by Crippen LogP contribution is 2.26. The summed E-state index contributed by atoms with van der Waals surface area (Å²) in [5.41, 5.74) is 2.16. The molecule has 0 fully saturated rings. The fourth-order valence-electron chi connectivity index (χ4n) is 2.31. The van der Waals surface area contributed by atoms with Crippen LogP contribution in [0.3, 0.4) is 0 Å². The zero-order valence-electron chi connectivity index (χ0n) is 11.7. The number of Topliss-reactive ketones (excluding diaryl/α,β-unsaturated/α-hetero) is 1. The van der Waals surface area contributed by atoms with Crippen LogP contribution in [-0.2, 0) is 6.42 Å². The predicted octanol–water partition coefficient (Wildman–Crippen LogP) is 4.23. The lowest BCUT2D eigenvalue weighted by Crippen LogP contribution is -1.98. The van der Waals surface area contributed by atoms with Crippen LogP contribution in [0.2, 0.25) is 0 Å². The van der Waals surface area contributed by atoms with E-state index in [1.165, 1.54) is 0 Å². The molecule has 0 aliphatic carbocycles. The topological polar surface area (TPSA) is 30.2 Å². The van der Waals surface area contributed by atoms with Crippen LogP contribution < -0.4 is 0 Å². The maximum Gasteiger partial charge on any atom is 0.240 e. The molecule has 0 bridgehead atoms. The summed E-state index contributed by atoms with van der Waals surface area (Å²) in [7, 11) is 0. The van der Waals surface area contributed by atoms with Gasteiger partial charge in [-0.15, -0.1) is 0 Å². The monoisotopic (exact) mass is 274 g/mol. The van der Waals surface area contributed by atoms with E-state index in [0.717, 1.165) is 16.5 Å². The molecule has 0 aliphatic heterocycles. The molecule has 0 saturated heterocycles. The third-order valence-electron chi connectivity index (χ3n) is 3.31. The summed E-state index contributed by atoms with van der Waals surface area (Å²) < 4.78 is 5.73. The highest BCUT2D eigenvalue weighted by Gasteiger charge is 2.17. The van der Waals surface area contributed by atoms with Crippen LogP contribution in [0.15, 0.2) is 59.0 Å². The molecule has 102 valence electrons. The average Bonchev–Trinajstić information content (AvgIpc) is 2.92. The van der Waals surface area contributed by atoms with Gasteiger partial charge in [-0.1, -0.05) is 49.2 Å². The number of para-hydroxylation sites is 1. The molecular weight excluding hydrogens is 260 g/mol. The van der Waals surface area contributed by atoms with Crippen molar-refractivity contribution in [2.24, 2.45) is 0 Å². The number of fused-ring (bicyclic) bond motifs is 1. The van der Waals surface area contributed by atoms with Gasteiger partial charge in [0.15, 0.2) is 0 Å². The number of hydrogen-bond acceptors (Lipinski definition) is 2. The number of carbonyl (C=O) groups excluding carboxylic acids is 1. The van der Waals surface area contributed by atoms with Crippen LogP contribution in [0, 0.1) is 11.8 Å². The summed E-state index contributed by atoms with van der Waals surface area (Å²) in [6.07, 6.45) is 0.669. The van der Waals surface area contributed by atoms with Crippen LogP contribution in [0.5, 0.6) is 0 Å². The quantitative estimate of drug-likeness (QED) is 0.517. The molecule has 0 atom stereocenters. The van der Waals surface area contributed by atoms with Crippen molar-refractivity contribution in [3.8, 4) is 11.8 Å². The van der Waals surface area contributed by atoms with Gasteiger partial charge >= 0.3 is 0 Å². The second-order valence-electron chi connectivity index (χ2n) is 4.70. The van der Waals surface area contributed by atoms with Gasteiger partial charge in [0, 0.05) is 17.4 Å². The van der Waals surface area contributed by atoms with E-state index in [9.17, 15) is 4.79 Å². The summed E-state index contributed by atoms with van der Waals surface area (Å²) >= 11 is 0. The van der Waals surface area contributed by atoms with Crippen molar-refractivity contribution >= 4 is 16.8 Å². The highest BCUT2D eigenvalue weighted by molar-refractivity contribution is 6.17. The van der Waals surface area contributed by atoms with E-state index >= 15 is 0 Å². The molecule has 0 aliphatic rings. The van der Waals surface area contributed by atoms with Gasteiger partial charge in [-0.2, -0.15) is 0 Å². The third-order valence-corrected chi connectivity index (χ3v) is 3.31. The predicted molar refractivity (Wildman–Crippen MR) is 83.2 cm³/mol. The Balaban J connectivity index is 2.04. The number of rotatable bonds is 2. The van der Waals surface area contributed by atoms with Gasteiger partial charge in [-0.3, -0.25) is 4.79 Å². The second kappa shape index (κ2) is 5.68. The minimum Gasteiger partial charge on any atom is -0.460 e. The summed E-state index contributed by atoms with van der Waals surface area (Å²) in [6.45, 7) is 1.97. The first-order valence-electron chi connectivity index (χ1n) is 6.91. The smallest absolute Gasteiger partial charge is 0.240 e. The van der Waals surface area contributed by atoms with Crippen molar-refractivity contribution in [3.05, 3.63) is 71.5 Å². The number of hydrogen-bond donors (Lipinski definition) is 0. The molecular formula is C19H14O2. The van der Waals surface area contributed by atoms with Crippen molar-refractivity contribution < 1.29 is 9.21 Å². The summed E-state index contributed by atoms with van der Waals surface area (Å²) in [4.78, 5) is 12.4. The van der Waals surface area contributed by atoms with Crippen molar-refractivity contribution in [1.82, 2.24) is 0 Å². The molecule has 3 rings (SSSR count). The van der Waals surface area contributed by atoms with Crippen molar-refractivity contribution in [2.75, 3.05) is 0 Å². The van der Waals surface area contributed by atoms with Gasteiger partial charge in [0.05, 0.1) is 5.56 Å². The van der Waals surface area contributed by atoms with Gasteiger partial charge in [0.2, 0.25) is 5.78 Å². The minimum absolute atomic E-state index is 0.194. The van der Waals surface area contributed by atoms with Crippen molar-refractivity contribution in [3.63, 3.8) is 0 Å². The van der Waals surface area contributed by atoms with Crippen molar-refractivity contribution in [2.45, 2.75) is 13.3 Å². The fourth-order valence-corrected chi connectivity index (χ4v) is 2.31. The molecule has 0 N–H and O–H groups in total. The number of carbonyl (C=O) groups is 1. The van der Waals surface area contributed by atoms with E-state index in [-0.39, 0.29) is 5.78 Å². The molecule has 1 heterocycles. The number of aryl methyl sites for hydroxylation is 1. The van der Waals surface area contributed by atoms with Gasteiger partial charge in [-0.05, 0) is 24.1 Å². The standard InChI is InChI=1S/C19H14O2/c1-2-17-19(15-10-6-7-11-18(15)21-17)16(20)13-12-14-8-4-3-5-9-14/h3-11H,2H2,1H3. The average molecular weight is 274 g/mol. The van der Waals surface area contributed by atoms with E-state index in [1.54, 1.807) is 0 Å². The third kappa shape index (κ3) is 2.59. The number of furan rings is 1. The van der Waals surface area contributed by atoms with E-state index in [2.05, 4.69) is 11.8 Å². The van der Waals surface area contributed by atoms with Crippen LogP contribution in [0.4, 0.5) is 0 Å². The lowest BCUT2D eigenvalue weighted by atomic mass is 10.1. The van der Waals surface area contributed by atoms with E-state index < -0.39 is 0 Å².